The summed E-state index contributed by atoms with van der Waals surface area (Å²) in [4.78, 5) is 21.7. The first-order valence-corrected chi connectivity index (χ1v) is 9.25. The summed E-state index contributed by atoms with van der Waals surface area (Å²) in [6, 6.07) is 18.8. The largest absolute Gasteiger partial charge is 0.497 e. The minimum absolute atomic E-state index is 0.0671. The third kappa shape index (κ3) is 4.85. The lowest BCUT2D eigenvalue weighted by atomic mass is 10.2. The number of hydrogen-bond donors (Lipinski definition) is 2. The average molecular weight is 376 g/mol. The SMILES string of the molecule is CCC(C)NC(=O)c1cc(Nc2cccc(OC)c2)nc(-c2ccccc2)n1. The molecule has 0 saturated heterocycles. The van der Waals surface area contributed by atoms with E-state index in [1.165, 1.54) is 0 Å². The maximum Gasteiger partial charge on any atom is 0.270 e. The molecular formula is C22H24N4O2. The molecule has 1 heterocycles. The second kappa shape index (κ2) is 8.99. The Morgan fingerprint density at radius 3 is 2.57 bits per heavy atom. The van der Waals surface area contributed by atoms with E-state index in [2.05, 4.69) is 20.6 Å². The Morgan fingerprint density at radius 2 is 1.86 bits per heavy atom. The number of nitrogens with zero attached hydrogens (tertiary/aromatic N) is 2. The molecule has 3 aromatic rings. The zero-order valence-corrected chi connectivity index (χ0v) is 16.3. The number of amides is 1. The van der Waals surface area contributed by atoms with Crippen molar-refractivity contribution in [2.24, 2.45) is 0 Å². The van der Waals surface area contributed by atoms with Crippen LogP contribution in [0.15, 0.2) is 60.7 Å². The molecule has 0 fully saturated rings. The smallest absolute Gasteiger partial charge is 0.270 e. The molecule has 144 valence electrons. The molecule has 1 amide bonds. The van der Waals surface area contributed by atoms with Crippen molar-refractivity contribution in [3.8, 4) is 17.1 Å². The van der Waals surface area contributed by atoms with E-state index in [1.807, 2.05) is 68.4 Å². The Kier molecular flexibility index (Phi) is 6.22. The molecular weight excluding hydrogens is 352 g/mol. The molecule has 1 unspecified atom stereocenters. The van der Waals surface area contributed by atoms with Crippen LogP contribution in [-0.2, 0) is 0 Å². The first-order chi connectivity index (χ1) is 13.6. The summed E-state index contributed by atoms with van der Waals surface area (Å²) in [7, 11) is 1.62. The Hall–Kier alpha value is -3.41. The van der Waals surface area contributed by atoms with Crippen molar-refractivity contribution in [2.45, 2.75) is 26.3 Å². The average Bonchev–Trinajstić information content (AvgIpc) is 2.74. The van der Waals surface area contributed by atoms with Crippen LogP contribution in [0.3, 0.4) is 0 Å². The van der Waals surface area contributed by atoms with E-state index in [-0.39, 0.29) is 11.9 Å². The van der Waals surface area contributed by atoms with E-state index >= 15 is 0 Å². The highest BCUT2D eigenvalue weighted by Gasteiger charge is 2.15. The lowest BCUT2D eigenvalue weighted by molar-refractivity contribution is 0.0934. The van der Waals surface area contributed by atoms with Crippen LogP contribution in [0.25, 0.3) is 11.4 Å². The first-order valence-electron chi connectivity index (χ1n) is 9.25. The van der Waals surface area contributed by atoms with E-state index in [9.17, 15) is 4.79 Å². The highest BCUT2D eigenvalue weighted by molar-refractivity contribution is 5.93. The van der Waals surface area contributed by atoms with Crippen molar-refractivity contribution in [2.75, 3.05) is 12.4 Å². The van der Waals surface area contributed by atoms with Crippen molar-refractivity contribution in [3.63, 3.8) is 0 Å². The van der Waals surface area contributed by atoms with Crippen LogP contribution in [0.2, 0.25) is 0 Å². The molecule has 0 radical (unpaired) electrons. The number of carbonyl (C=O) groups is 1. The molecule has 1 atom stereocenters. The monoisotopic (exact) mass is 376 g/mol. The summed E-state index contributed by atoms with van der Waals surface area (Å²) in [6.45, 7) is 3.99. The van der Waals surface area contributed by atoms with Crippen molar-refractivity contribution >= 4 is 17.4 Å². The number of hydrogen-bond acceptors (Lipinski definition) is 5. The van der Waals surface area contributed by atoms with Crippen LogP contribution in [-0.4, -0.2) is 29.0 Å². The van der Waals surface area contributed by atoms with E-state index in [0.717, 1.165) is 23.4 Å². The van der Waals surface area contributed by atoms with E-state index < -0.39 is 0 Å². The topological polar surface area (TPSA) is 76.1 Å². The lowest BCUT2D eigenvalue weighted by Crippen LogP contribution is -2.32. The number of anilines is 2. The normalized spacial score (nSPS) is 11.5. The summed E-state index contributed by atoms with van der Waals surface area (Å²) >= 11 is 0. The zero-order valence-electron chi connectivity index (χ0n) is 16.3. The van der Waals surface area contributed by atoms with Crippen molar-refractivity contribution in [1.29, 1.82) is 0 Å². The second-order valence-electron chi connectivity index (χ2n) is 6.47. The van der Waals surface area contributed by atoms with Gasteiger partial charge in [-0.15, -0.1) is 0 Å². The van der Waals surface area contributed by atoms with Gasteiger partial charge in [0.25, 0.3) is 5.91 Å². The summed E-state index contributed by atoms with van der Waals surface area (Å²) in [5.74, 6) is 1.54. The predicted octanol–water partition coefficient (Wildman–Crippen LogP) is 4.42. The molecule has 0 aliphatic heterocycles. The van der Waals surface area contributed by atoms with Gasteiger partial charge >= 0.3 is 0 Å². The molecule has 6 nitrogen and oxygen atoms in total. The van der Waals surface area contributed by atoms with Gasteiger partial charge < -0.3 is 15.4 Å². The van der Waals surface area contributed by atoms with Crippen LogP contribution in [0, 0.1) is 0 Å². The first kappa shape index (κ1) is 19.4. The molecule has 2 aromatic carbocycles. The predicted molar refractivity (Wildman–Crippen MR) is 111 cm³/mol. The van der Waals surface area contributed by atoms with E-state index in [0.29, 0.717) is 17.3 Å². The van der Waals surface area contributed by atoms with Gasteiger partial charge in [-0.1, -0.05) is 43.3 Å². The van der Waals surface area contributed by atoms with Gasteiger partial charge in [0, 0.05) is 29.4 Å². The Balaban J connectivity index is 1.98. The molecule has 6 heteroatoms. The van der Waals surface area contributed by atoms with Gasteiger partial charge in [0.1, 0.15) is 17.3 Å². The molecule has 2 N–H and O–H groups in total. The molecule has 0 spiro atoms. The third-order valence-corrected chi connectivity index (χ3v) is 4.32. The van der Waals surface area contributed by atoms with Gasteiger partial charge in [0.2, 0.25) is 0 Å². The van der Waals surface area contributed by atoms with Crippen LogP contribution in [0.1, 0.15) is 30.8 Å². The van der Waals surface area contributed by atoms with Gasteiger partial charge in [-0.2, -0.15) is 0 Å². The van der Waals surface area contributed by atoms with Gasteiger partial charge in [0.15, 0.2) is 5.82 Å². The maximum absolute atomic E-state index is 12.7. The van der Waals surface area contributed by atoms with Gasteiger partial charge in [-0.3, -0.25) is 4.79 Å². The van der Waals surface area contributed by atoms with Crippen molar-refractivity contribution < 1.29 is 9.53 Å². The molecule has 0 bridgehead atoms. The standard InChI is InChI=1S/C22H24N4O2/c1-4-15(2)23-22(27)19-14-20(24-17-11-8-12-18(13-17)28-3)26-21(25-19)16-9-6-5-7-10-16/h5-15H,4H2,1-3H3,(H,23,27)(H,24,25,26). The van der Waals surface area contributed by atoms with Gasteiger partial charge in [0.05, 0.1) is 7.11 Å². The molecule has 3 rings (SSSR count). The Labute approximate surface area is 165 Å². The highest BCUT2D eigenvalue weighted by atomic mass is 16.5. The summed E-state index contributed by atoms with van der Waals surface area (Å²) in [6.07, 6.45) is 0.845. The summed E-state index contributed by atoms with van der Waals surface area (Å²) in [5, 5.41) is 6.20. The number of aromatic nitrogens is 2. The number of ether oxygens (including phenoxy) is 1. The minimum atomic E-state index is -0.220. The number of nitrogens with one attached hydrogen (secondary N) is 2. The molecule has 0 aliphatic carbocycles. The van der Waals surface area contributed by atoms with Crippen LogP contribution in [0.4, 0.5) is 11.5 Å². The Morgan fingerprint density at radius 1 is 1.07 bits per heavy atom. The van der Waals surface area contributed by atoms with Gasteiger partial charge in [-0.05, 0) is 25.5 Å². The molecule has 0 aliphatic rings. The van der Waals surface area contributed by atoms with E-state index in [4.69, 9.17) is 4.74 Å². The van der Waals surface area contributed by atoms with Crippen LogP contribution < -0.4 is 15.4 Å². The zero-order chi connectivity index (χ0) is 19.9. The summed E-state index contributed by atoms with van der Waals surface area (Å²) < 4.78 is 5.27. The maximum atomic E-state index is 12.7. The minimum Gasteiger partial charge on any atom is -0.497 e. The number of rotatable bonds is 7. The van der Waals surface area contributed by atoms with Gasteiger partial charge in [-0.25, -0.2) is 9.97 Å². The van der Waals surface area contributed by atoms with Crippen LogP contribution in [0.5, 0.6) is 5.75 Å². The number of carbonyl (C=O) groups excluding carboxylic acids is 1. The fraction of sp³-hybridized carbons (Fsp3) is 0.227. The quantitative estimate of drug-likeness (QED) is 0.638. The van der Waals surface area contributed by atoms with Crippen molar-refractivity contribution in [1.82, 2.24) is 15.3 Å². The van der Waals surface area contributed by atoms with E-state index in [1.54, 1.807) is 13.2 Å². The Bertz CT molecular complexity index is 944. The summed E-state index contributed by atoms with van der Waals surface area (Å²) in [5.41, 5.74) is 1.97. The number of methoxy groups -OCH3 is 1. The highest BCUT2D eigenvalue weighted by Crippen LogP contribution is 2.23. The molecule has 0 saturated carbocycles. The molecule has 1 aromatic heterocycles. The molecule has 28 heavy (non-hydrogen) atoms. The fourth-order valence-electron chi connectivity index (χ4n) is 2.59. The third-order valence-electron chi connectivity index (χ3n) is 4.32. The van der Waals surface area contributed by atoms with Crippen LogP contribution >= 0.6 is 0 Å². The number of benzene rings is 2. The second-order valence-corrected chi connectivity index (χ2v) is 6.47. The lowest BCUT2D eigenvalue weighted by Gasteiger charge is -2.13. The fourth-order valence-corrected chi connectivity index (χ4v) is 2.59. The van der Waals surface area contributed by atoms with Crippen molar-refractivity contribution in [3.05, 3.63) is 66.4 Å².